The van der Waals surface area contributed by atoms with E-state index in [-0.39, 0.29) is 5.91 Å². The molecular formula is C14H21N3O. The average molecular weight is 247 g/mol. The summed E-state index contributed by atoms with van der Waals surface area (Å²) in [6.45, 7) is 1.98. The molecule has 1 aliphatic rings. The maximum Gasteiger partial charge on any atom is 0.220 e. The standard InChI is InChI=1S/C14H21N3O/c18-14(5-4-12-6-9-15-10-7-12)17-13-3-1-2-8-16-11-13/h6-7,9-10,13,16H,1-5,8,11H2,(H,17,18). The summed E-state index contributed by atoms with van der Waals surface area (Å²) in [5.41, 5.74) is 1.17. The Morgan fingerprint density at radius 2 is 2.22 bits per heavy atom. The van der Waals surface area contributed by atoms with Crippen LogP contribution in [0.5, 0.6) is 0 Å². The van der Waals surface area contributed by atoms with Gasteiger partial charge in [0.1, 0.15) is 0 Å². The molecule has 1 unspecified atom stereocenters. The summed E-state index contributed by atoms with van der Waals surface area (Å²) in [5, 5.41) is 6.47. The van der Waals surface area contributed by atoms with Crippen molar-refractivity contribution in [1.82, 2.24) is 15.6 Å². The van der Waals surface area contributed by atoms with Gasteiger partial charge in [0.15, 0.2) is 0 Å². The Morgan fingerprint density at radius 1 is 1.39 bits per heavy atom. The first-order valence-electron chi connectivity index (χ1n) is 6.73. The van der Waals surface area contributed by atoms with Crippen molar-refractivity contribution < 1.29 is 4.79 Å². The summed E-state index contributed by atoms with van der Waals surface area (Å²) in [5.74, 6) is 0.153. The lowest BCUT2D eigenvalue weighted by Crippen LogP contribution is -2.40. The van der Waals surface area contributed by atoms with E-state index in [1.807, 2.05) is 12.1 Å². The largest absolute Gasteiger partial charge is 0.352 e. The van der Waals surface area contributed by atoms with Crippen molar-refractivity contribution in [2.75, 3.05) is 13.1 Å². The van der Waals surface area contributed by atoms with Gasteiger partial charge in [-0.25, -0.2) is 0 Å². The van der Waals surface area contributed by atoms with Crippen molar-refractivity contribution >= 4 is 5.91 Å². The van der Waals surface area contributed by atoms with Crippen molar-refractivity contribution in [3.05, 3.63) is 30.1 Å². The van der Waals surface area contributed by atoms with Gasteiger partial charge >= 0.3 is 0 Å². The van der Waals surface area contributed by atoms with Crippen LogP contribution in [0.1, 0.15) is 31.2 Å². The minimum Gasteiger partial charge on any atom is -0.352 e. The molecule has 98 valence electrons. The van der Waals surface area contributed by atoms with Crippen molar-refractivity contribution in [3.8, 4) is 0 Å². The Labute approximate surface area is 108 Å². The second-order valence-corrected chi connectivity index (χ2v) is 4.82. The number of amides is 1. The second-order valence-electron chi connectivity index (χ2n) is 4.82. The van der Waals surface area contributed by atoms with Gasteiger partial charge in [-0.05, 0) is 43.5 Å². The van der Waals surface area contributed by atoms with E-state index in [0.717, 1.165) is 25.9 Å². The van der Waals surface area contributed by atoms with Gasteiger partial charge in [-0.15, -0.1) is 0 Å². The molecule has 0 radical (unpaired) electrons. The zero-order chi connectivity index (χ0) is 12.6. The number of hydrogen-bond acceptors (Lipinski definition) is 3. The molecule has 0 aromatic carbocycles. The van der Waals surface area contributed by atoms with Crippen molar-refractivity contribution in [3.63, 3.8) is 0 Å². The molecule has 2 heterocycles. The van der Waals surface area contributed by atoms with E-state index in [4.69, 9.17) is 0 Å². The number of nitrogens with zero attached hydrogens (tertiary/aromatic N) is 1. The zero-order valence-corrected chi connectivity index (χ0v) is 10.7. The normalized spacial score (nSPS) is 20.1. The van der Waals surface area contributed by atoms with Crippen LogP contribution < -0.4 is 10.6 Å². The molecular weight excluding hydrogens is 226 g/mol. The van der Waals surface area contributed by atoms with Crippen molar-refractivity contribution in [1.29, 1.82) is 0 Å². The number of carbonyl (C=O) groups is 1. The lowest BCUT2D eigenvalue weighted by atomic mass is 10.1. The van der Waals surface area contributed by atoms with E-state index in [1.54, 1.807) is 12.4 Å². The van der Waals surface area contributed by atoms with Crippen LogP contribution in [-0.4, -0.2) is 30.0 Å². The first kappa shape index (κ1) is 13.0. The molecule has 2 N–H and O–H groups in total. The predicted octanol–water partition coefficient (Wildman–Crippen LogP) is 1.27. The third kappa shape index (κ3) is 4.45. The SMILES string of the molecule is O=C(CCc1ccncc1)NC1CCCCNC1. The molecule has 0 aliphatic carbocycles. The summed E-state index contributed by atoms with van der Waals surface area (Å²) < 4.78 is 0. The smallest absolute Gasteiger partial charge is 0.220 e. The molecule has 4 heteroatoms. The van der Waals surface area contributed by atoms with Crippen LogP contribution in [0, 0.1) is 0 Å². The minimum atomic E-state index is 0.153. The highest BCUT2D eigenvalue weighted by Gasteiger charge is 2.13. The van der Waals surface area contributed by atoms with E-state index in [9.17, 15) is 4.79 Å². The van der Waals surface area contributed by atoms with Gasteiger partial charge in [0.25, 0.3) is 0 Å². The van der Waals surface area contributed by atoms with Crippen LogP contribution in [0.25, 0.3) is 0 Å². The number of hydrogen-bond donors (Lipinski definition) is 2. The Kier molecular flexibility index (Phi) is 5.15. The Balaban J connectivity index is 1.71. The quantitative estimate of drug-likeness (QED) is 0.842. The van der Waals surface area contributed by atoms with Gasteiger partial charge in [-0.3, -0.25) is 9.78 Å². The van der Waals surface area contributed by atoms with Crippen LogP contribution >= 0.6 is 0 Å². The van der Waals surface area contributed by atoms with Crippen LogP contribution in [-0.2, 0) is 11.2 Å². The topological polar surface area (TPSA) is 54.0 Å². The monoisotopic (exact) mass is 247 g/mol. The molecule has 2 rings (SSSR count). The first-order valence-corrected chi connectivity index (χ1v) is 6.73. The first-order chi connectivity index (χ1) is 8.84. The summed E-state index contributed by atoms with van der Waals surface area (Å²) in [4.78, 5) is 15.8. The highest BCUT2D eigenvalue weighted by atomic mass is 16.1. The van der Waals surface area contributed by atoms with Gasteiger partial charge in [0.2, 0.25) is 5.91 Å². The van der Waals surface area contributed by atoms with E-state index in [1.165, 1.54) is 18.4 Å². The van der Waals surface area contributed by atoms with Crippen molar-refractivity contribution in [2.24, 2.45) is 0 Å². The number of carbonyl (C=O) groups excluding carboxylic acids is 1. The average Bonchev–Trinajstić information content (AvgIpc) is 2.66. The number of nitrogens with one attached hydrogen (secondary N) is 2. The van der Waals surface area contributed by atoms with Gasteiger partial charge in [-0.1, -0.05) is 6.42 Å². The third-order valence-corrected chi connectivity index (χ3v) is 3.30. The molecule has 1 amide bonds. The van der Waals surface area contributed by atoms with Gasteiger partial charge in [0.05, 0.1) is 0 Å². The predicted molar refractivity (Wildman–Crippen MR) is 71.2 cm³/mol. The Morgan fingerprint density at radius 3 is 3.06 bits per heavy atom. The van der Waals surface area contributed by atoms with Crippen LogP contribution in [0.3, 0.4) is 0 Å². The molecule has 1 aromatic rings. The van der Waals surface area contributed by atoms with E-state index in [0.29, 0.717) is 12.5 Å². The molecule has 0 saturated carbocycles. The Bertz CT molecular complexity index is 359. The summed E-state index contributed by atoms with van der Waals surface area (Å²) in [6, 6.07) is 4.22. The molecule has 1 saturated heterocycles. The molecule has 18 heavy (non-hydrogen) atoms. The molecule has 1 atom stereocenters. The minimum absolute atomic E-state index is 0.153. The lowest BCUT2D eigenvalue weighted by molar-refractivity contribution is -0.121. The second kappa shape index (κ2) is 7.11. The molecule has 4 nitrogen and oxygen atoms in total. The van der Waals surface area contributed by atoms with Crippen molar-refractivity contribution in [2.45, 2.75) is 38.1 Å². The molecule has 1 aromatic heterocycles. The highest BCUT2D eigenvalue weighted by Crippen LogP contribution is 2.05. The third-order valence-electron chi connectivity index (χ3n) is 3.30. The fourth-order valence-corrected chi connectivity index (χ4v) is 2.25. The summed E-state index contributed by atoms with van der Waals surface area (Å²) in [6.07, 6.45) is 8.37. The molecule has 0 spiro atoms. The maximum atomic E-state index is 11.8. The fourth-order valence-electron chi connectivity index (χ4n) is 2.25. The van der Waals surface area contributed by atoms with Gasteiger partial charge in [-0.2, -0.15) is 0 Å². The van der Waals surface area contributed by atoms with E-state index in [2.05, 4.69) is 15.6 Å². The Hall–Kier alpha value is -1.42. The molecule has 1 fully saturated rings. The van der Waals surface area contributed by atoms with Crippen LogP contribution in [0.2, 0.25) is 0 Å². The number of pyridine rings is 1. The fraction of sp³-hybridized carbons (Fsp3) is 0.571. The van der Waals surface area contributed by atoms with Gasteiger partial charge in [0, 0.05) is 31.4 Å². The van der Waals surface area contributed by atoms with Gasteiger partial charge < -0.3 is 10.6 Å². The van der Waals surface area contributed by atoms with E-state index < -0.39 is 0 Å². The summed E-state index contributed by atoms with van der Waals surface area (Å²) >= 11 is 0. The van der Waals surface area contributed by atoms with Crippen LogP contribution in [0.4, 0.5) is 0 Å². The van der Waals surface area contributed by atoms with E-state index >= 15 is 0 Å². The summed E-state index contributed by atoms with van der Waals surface area (Å²) in [7, 11) is 0. The number of aromatic nitrogens is 1. The maximum absolute atomic E-state index is 11.8. The number of aryl methyl sites for hydroxylation is 1. The number of rotatable bonds is 4. The molecule has 0 bridgehead atoms. The lowest BCUT2D eigenvalue weighted by Gasteiger charge is -2.16. The zero-order valence-electron chi connectivity index (χ0n) is 10.7. The highest BCUT2D eigenvalue weighted by molar-refractivity contribution is 5.76. The van der Waals surface area contributed by atoms with Crippen LogP contribution in [0.15, 0.2) is 24.5 Å². The molecule has 1 aliphatic heterocycles.